The van der Waals surface area contributed by atoms with Gasteiger partial charge in [0.2, 0.25) is 0 Å². The van der Waals surface area contributed by atoms with Crippen molar-refractivity contribution >= 4 is 0 Å². The van der Waals surface area contributed by atoms with Crippen LogP contribution in [0.15, 0.2) is 18.2 Å². The monoisotopic (exact) mass is 234 g/mol. The van der Waals surface area contributed by atoms with Crippen LogP contribution >= 0.6 is 0 Å². The minimum Gasteiger partial charge on any atom is -0.497 e. The SMILES string of the molecule is COc1ccc2c(c1)CCC(C(C)(C)CO)C2. The smallest absolute Gasteiger partial charge is 0.119 e. The average molecular weight is 234 g/mol. The predicted octanol–water partition coefficient (Wildman–Crippen LogP) is 2.82. The number of hydrogen-bond acceptors (Lipinski definition) is 2. The van der Waals surface area contributed by atoms with E-state index in [4.69, 9.17) is 4.74 Å². The van der Waals surface area contributed by atoms with E-state index in [2.05, 4.69) is 26.0 Å². The van der Waals surface area contributed by atoms with Gasteiger partial charge in [-0.3, -0.25) is 0 Å². The maximum atomic E-state index is 9.46. The largest absolute Gasteiger partial charge is 0.497 e. The lowest BCUT2D eigenvalue weighted by molar-refractivity contribution is 0.0875. The fourth-order valence-electron chi connectivity index (χ4n) is 2.65. The Morgan fingerprint density at radius 1 is 1.35 bits per heavy atom. The molecular weight excluding hydrogens is 212 g/mol. The first-order valence-electron chi connectivity index (χ1n) is 6.33. The van der Waals surface area contributed by atoms with E-state index in [1.54, 1.807) is 7.11 Å². The molecule has 1 unspecified atom stereocenters. The Morgan fingerprint density at radius 2 is 2.12 bits per heavy atom. The van der Waals surface area contributed by atoms with Crippen LogP contribution in [0, 0.1) is 11.3 Å². The highest BCUT2D eigenvalue weighted by Crippen LogP contribution is 2.38. The number of aliphatic hydroxyl groups excluding tert-OH is 1. The average Bonchev–Trinajstić information content (AvgIpc) is 2.37. The summed E-state index contributed by atoms with van der Waals surface area (Å²) in [6, 6.07) is 6.36. The zero-order chi connectivity index (χ0) is 12.5. The second-order valence-electron chi connectivity index (χ2n) is 5.72. The van der Waals surface area contributed by atoms with Crippen molar-refractivity contribution in [3.8, 4) is 5.75 Å². The molecule has 1 aromatic carbocycles. The Kier molecular flexibility index (Phi) is 3.43. The van der Waals surface area contributed by atoms with Gasteiger partial charge in [-0.1, -0.05) is 19.9 Å². The Bertz CT molecular complexity index is 396. The van der Waals surface area contributed by atoms with E-state index in [0.29, 0.717) is 5.92 Å². The maximum absolute atomic E-state index is 9.46. The number of ether oxygens (including phenoxy) is 1. The number of methoxy groups -OCH3 is 1. The summed E-state index contributed by atoms with van der Waals surface area (Å²) in [6.07, 6.45) is 3.33. The van der Waals surface area contributed by atoms with Crippen molar-refractivity contribution in [2.24, 2.45) is 11.3 Å². The van der Waals surface area contributed by atoms with Gasteiger partial charge in [0.1, 0.15) is 5.75 Å². The number of hydrogen-bond donors (Lipinski definition) is 1. The topological polar surface area (TPSA) is 29.5 Å². The summed E-state index contributed by atoms with van der Waals surface area (Å²) < 4.78 is 5.26. The molecule has 1 N–H and O–H groups in total. The van der Waals surface area contributed by atoms with Crippen molar-refractivity contribution in [2.75, 3.05) is 13.7 Å². The summed E-state index contributed by atoms with van der Waals surface area (Å²) in [6.45, 7) is 4.58. The molecule has 0 aromatic heterocycles. The molecule has 0 saturated carbocycles. The molecule has 0 fully saturated rings. The molecule has 1 aliphatic rings. The van der Waals surface area contributed by atoms with Crippen LogP contribution in [0.4, 0.5) is 0 Å². The second-order valence-corrected chi connectivity index (χ2v) is 5.72. The molecule has 2 heteroatoms. The van der Waals surface area contributed by atoms with Gasteiger partial charge in [0.25, 0.3) is 0 Å². The van der Waals surface area contributed by atoms with E-state index in [9.17, 15) is 5.11 Å². The number of aryl methyl sites for hydroxylation is 1. The van der Waals surface area contributed by atoms with Gasteiger partial charge in [-0.2, -0.15) is 0 Å². The fraction of sp³-hybridized carbons (Fsp3) is 0.600. The Labute approximate surface area is 104 Å². The molecule has 0 heterocycles. The third-order valence-corrected chi connectivity index (χ3v) is 4.15. The Balaban J connectivity index is 2.20. The Morgan fingerprint density at radius 3 is 2.76 bits per heavy atom. The van der Waals surface area contributed by atoms with Crippen LogP contribution in [0.1, 0.15) is 31.4 Å². The van der Waals surface area contributed by atoms with Gasteiger partial charge in [0.15, 0.2) is 0 Å². The molecule has 1 aliphatic carbocycles. The van der Waals surface area contributed by atoms with E-state index in [-0.39, 0.29) is 12.0 Å². The molecule has 1 aromatic rings. The highest BCUT2D eigenvalue weighted by molar-refractivity contribution is 5.37. The second kappa shape index (κ2) is 4.69. The van der Waals surface area contributed by atoms with Crippen molar-refractivity contribution < 1.29 is 9.84 Å². The van der Waals surface area contributed by atoms with Gasteiger partial charge in [0, 0.05) is 6.61 Å². The quantitative estimate of drug-likeness (QED) is 0.871. The summed E-state index contributed by atoms with van der Waals surface area (Å²) in [7, 11) is 1.71. The van der Waals surface area contributed by atoms with Crippen molar-refractivity contribution in [3.05, 3.63) is 29.3 Å². The summed E-state index contributed by atoms with van der Waals surface area (Å²) in [5.74, 6) is 1.53. The molecule has 0 saturated heterocycles. The van der Waals surface area contributed by atoms with Crippen molar-refractivity contribution in [1.29, 1.82) is 0 Å². The molecule has 0 aliphatic heterocycles. The van der Waals surface area contributed by atoms with Gasteiger partial charge in [0.05, 0.1) is 7.11 Å². The molecule has 1 atom stereocenters. The minimum absolute atomic E-state index is 0.0254. The summed E-state index contributed by atoms with van der Waals surface area (Å²) in [5.41, 5.74) is 2.86. The first kappa shape index (κ1) is 12.4. The van der Waals surface area contributed by atoms with Crippen LogP contribution < -0.4 is 4.74 Å². The van der Waals surface area contributed by atoms with Crippen LogP contribution in [0.25, 0.3) is 0 Å². The van der Waals surface area contributed by atoms with Gasteiger partial charge in [-0.15, -0.1) is 0 Å². The molecular formula is C15H22O2. The van der Waals surface area contributed by atoms with Crippen LogP contribution in [-0.2, 0) is 12.8 Å². The van der Waals surface area contributed by atoms with E-state index >= 15 is 0 Å². The molecule has 2 nitrogen and oxygen atoms in total. The number of benzene rings is 1. The zero-order valence-corrected chi connectivity index (χ0v) is 11.0. The summed E-state index contributed by atoms with van der Waals surface area (Å²) in [5, 5.41) is 9.46. The number of fused-ring (bicyclic) bond motifs is 1. The number of aliphatic hydroxyl groups is 1. The molecule has 2 rings (SSSR count). The lowest BCUT2D eigenvalue weighted by atomic mass is 9.70. The fourth-order valence-corrected chi connectivity index (χ4v) is 2.65. The van der Waals surface area contributed by atoms with Crippen LogP contribution in [0.2, 0.25) is 0 Å². The first-order chi connectivity index (χ1) is 8.06. The van der Waals surface area contributed by atoms with E-state index in [0.717, 1.165) is 25.0 Å². The van der Waals surface area contributed by atoms with Gasteiger partial charge >= 0.3 is 0 Å². The van der Waals surface area contributed by atoms with Gasteiger partial charge in [-0.05, 0) is 53.9 Å². The first-order valence-corrected chi connectivity index (χ1v) is 6.33. The highest BCUT2D eigenvalue weighted by Gasteiger charge is 2.31. The van der Waals surface area contributed by atoms with Gasteiger partial charge in [-0.25, -0.2) is 0 Å². The molecule has 17 heavy (non-hydrogen) atoms. The van der Waals surface area contributed by atoms with E-state index in [1.165, 1.54) is 11.1 Å². The summed E-state index contributed by atoms with van der Waals surface area (Å²) in [4.78, 5) is 0. The number of rotatable bonds is 3. The molecule has 0 bridgehead atoms. The third-order valence-electron chi connectivity index (χ3n) is 4.15. The van der Waals surface area contributed by atoms with Crippen molar-refractivity contribution in [3.63, 3.8) is 0 Å². The Hall–Kier alpha value is -1.02. The standard InChI is InChI=1S/C15H22O2/c1-15(2,10-16)13-6-4-12-9-14(17-3)7-5-11(12)8-13/h5,7,9,13,16H,4,6,8,10H2,1-3H3. The predicted molar refractivity (Wildman–Crippen MR) is 69.4 cm³/mol. The van der Waals surface area contributed by atoms with E-state index < -0.39 is 0 Å². The van der Waals surface area contributed by atoms with Crippen LogP contribution in [-0.4, -0.2) is 18.8 Å². The molecule has 0 spiro atoms. The van der Waals surface area contributed by atoms with Gasteiger partial charge < -0.3 is 9.84 Å². The van der Waals surface area contributed by atoms with Crippen molar-refractivity contribution in [1.82, 2.24) is 0 Å². The lowest BCUT2D eigenvalue weighted by Crippen LogP contribution is -2.32. The summed E-state index contributed by atoms with van der Waals surface area (Å²) >= 11 is 0. The van der Waals surface area contributed by atoms with E-state index in [1.807, 2.05) is 6.07 Å². The highest BCUT2D eigenvalue weighted by atomic mass is 16.5. The molecule has 94 valence electrons. The zero-order valence-electron chi connectivity index (χ0n) is 11.0. The molecule has 0 amide bonds. The van der Waals surface area contributed by atoms with Crippen LogP contribution in [0.5, 0.6) is 5.75 Å². The third kappa shape index (κ3) is 2.47. The lowest BCUT2D eigenvalue weighted by Gasteiger charge is -2.36. The van der Waals surface area contributed by atoms with Crippen molar-refractivity contribution in [2.45, 2.75) is 33.1 Å². The van der Waals surface area contributed by atoms with Crippen LogP contribution in [0.3, 0.4) is 0 Å². The normalized spacial score (nSPS) is 19.9. The maximum Gasteiger partial charge on any atom is 0.119 e. The minimum atomic E-state index is 0.0254. The molecule has 0 radical (unpaired) electrons.